The second-order valence-corrected chi connectivity index (χ2v) is 14.5. The molecule has 46 heavy (non-hydrogen) atoms. The second kappa shape index (κ2) is 12.3. The summed E-state index contributed by atoms with van der Waals surface area (Å²) in [6, 6.07) is 2.02. The molecule has 0 atom stereocenters. The number of rotatable bonds is 3. The number of aliphatic imine (C=N–C) groups is 1. The molecule has 3 aliphatic rings. The lowest BCUT2D eigenvalue weighted by Crippen LogP contribution is -2.39. The predicted octanol–water partition coefficient (Wildman–Crippen LogP) is 6.05. The molecule has 0 saturated heterocycles. The Balaban J connectivity index is 0.000000150. The molecular weight excluding hydrogens is 646 g/mol. The summed E-state index contributed by atoms with van der Waals surface area (Å²) in [5.74, 6) is 1.36. The zero-order valence-corrected chi connectivity index (χ0v) is 28.2. The highest BCUT2D eigenvalue weighted by atomic mass is 35.5. The summed E-state index contributed by atoms with van der Waals surface area (Å²) in [5.41, 5.74) is 4.78. The molecular formula is C31H32ClN9O3S2. The van der Waals surface area contributed by atoms with Crippen LogP contribution in [0.25, 0.3) is 20.4 Å². The largest absolute Gasteiger partial charge is 0.480 e. The van der Waals surface area contributed by atoms with E-state index in [1.165, 1.54) is 22.3 Å². The zero-order valence-electron chi connectivity index (χ0n) is 25.8. The zero-order chi connectivity index (χ0) is 32.0. The highest BCUT2D eigenvalue weighted by Crippen LogP contribution is 2.39. The molecule has 0 fully saturated rings. The number of aromatic nitrogens is 5. The number of ether oxygens (including phenoxy) is 2. The second-order valence-electron chi connectivity index (χ2n) is 12.0. The molecule has 5 aromatic heterocycles. The van der Waals surface area contributed by atoms with Crippen molar-refractivity contribution in [2.45, 2.75) is 58.8 Å². The van der Waals surface area contributed by atoms with E-state index in [4.69, 9.17) is 21.1 Å². The normalized spacial score (nSPS) is 15.2. The maximum atomic E-state index is 12.2. The fourth-order valence-corrected chi connectivity index (χ4v) is 8.38. The number of thiophene rings is 2. The topological polar surface area (TPSA) is 140 Å². The van der Waals surface area contributed by atoms with Gasteiger partial charge in [-0.25, -0.2) is 29.7 Å². The number of hydrogen-bond donors (Lipinski definition) is 2. The Kier molecular flexibility index (Phi) is 8.21. The molecule has 8 rings (SSSR count). The molecule has 15 heteroatoms. The molecule has 8 heterocycles. The maximum absolute atomic E-state index is 12.2. The van der Waals surface area contributed by atoms with Crippen LogP contribution in [0.4, 0.5) is 16.3 Å². The monoisotopic (exact) mass is 677 g/mol. The summed E-state index contributed by atoms with van der Waals surface area (Å²) in [5, 5.41) is 9.37. The van der Waals surface area contributed by atoms with Gasteiger partial charge in [0.05, 0.1) is 36.7 Å². The number of nitrogens with one attached hydrogen (secondary N) is 2. The van der Waals surface area contributed by atoms with Crippen LogP contribution < -0.4 is 15.4 Å². The fourth-order valence-electron chi connectivity index (χ4n) is 5.71. The Morgan fingerprint density at radius 3 is 2.61 bits per heavy atom. The third-order valence-electron chi connectivity index (χ3n) is 7.77. The summed E-state index contributed by atoms with van der Waals surface area (Å²) in [4.78, 5) is 44.3. The van der Waals surface area contributed by atoms with Gasteiger partial charge in [0.25, 0.3) is 0 Å². The van der Waals surface area contributed by atoms with E-state index < -0.39 is 5.60 Å². The number of anilines is 2. The van der Waals surface area contributed by atoms with Crippen molar-refractivity contribution in [3.8, 4) is 5.88 Å². The number of carbonyl (C=O) groups excluding carboxylic acids is 1. The number of halogens is 1. The highest BCUT2D eigenvalue weighted by Gasteiger charge is 2.29. The van der Waals surface area contributed by atoms with E-state index in [0.29, 0.717) is 30.7 Å². The Hall–Kier alpha value is -3.98. The minimum atomic E-state index is -0.480. The van der Waals surface area contributed by atoms with E-state index in [0.717, 1.165) is 74.0 Å². The van der Waals surface area contributed by atoms with Crippen molar-refractivity contribution >= 4 is 78.5 Å². The molecule has 238 valence electrons. The van der Waals surface area contributed by atoms with Crippen LogP contribution in [0.3, 0.4) is 0 Å². The van der Waals surface area contributed by atoms with Crippen LogP contribution in [-0.2, 0) is 37.2 Å². The summed E-state index contributed by atoms with van der Waals surface area (Å²) in [6.45, 7) is 9.26. The molecule has 12 nitrogen and oxygen atoms in total. The molecule has 0 unspecified atom stereocenters. The fraction of sp³-hybridized carbons (Fsp3) is 0.387. The van der Waals surface area contributed by atoms with Gasteiger partial charge in [0.1, 0.15) is 44.6 Å². The van der Waals surface area contributed by atoms with Crippen LogP contribution in [0.5, 0.6) is 5.88 Å². The number of pyridine rings is 1. The lowest BCUT2D eigenvalue weighted by molar-refractivity contribution is 0.0227. The Labute approximate surface area is 278 Å². The van der Waals surface area contributed by atoms with Crippen molar-refractivity contribution < 1.29 is 14.3 Å². The van der Waals surface area contributed by atoms with Gasteiger partial charge in [-0.1, -0.05) is 11.6 Å². The van der Waals surface area contributed by atoms with Crippen molar-refractivity contribution in [2.75, 3.05) is 25.5 Å². The molecule has 3 aliphatic heterocycles. The molecule has 0 bridgehead atoms. The van der Waals surface area contributed by atoms with Crippen LogP contribution in [0, 0.1) is 0 Å². The van der Waals surface area contributed by atoms with Gasteiger partial charge < -0.3 is 25.0 Å². The lowest BCUT2D eigenvalue weighted by Gasteiger charge is -2.30. The first-order valence-electron chi connectivity index (χ1n) is 14.9. The number of nitrogens with zero attached hydrogens (tertiary/aromatic N) is 7. The molecule has 1 amide bonds. The van der Waals surface area contributed by atoms with Crippen molar-refractivity contribution in [3.63, 3.8) is 0 Å². The number of hydrogen-bond acceptors (Lipinski definition) is 13. The molecule has 0 saturated carbocycles. The van der Waals surface area contributed by atoms with Gasteiger partial charge in [-0.15, -0.1) is 22.7 Å². The van der Waals surface area contributed by atoms with Gasteiger partial charge in [-0.2, -0.15) is 0 Å². The van der Waals surface area contributed by atoms with Crippen LogP contribution in [-0.4, -0.2) is 67.9 Å². The molecule has 2 N–H and O–H groups in total. The summed E-state index contributed by atoms with van der Waals surface area (Å²) >= 11 is 9.47. The molecule has 0 radical (unpaired) electrons. The Morgan fingerprint density at radius 1 is 1.04 bits per heavy atom. The Bertz CT molecular complexity index is 2000. The van der Waals surface area contributed by atoms with E-state index in [-0.39, 0.29) is 6.09 Å². The van der Waals surface area contributed by atoms with Gasteiger partial charge in [-0.05, 0) is 57.4 Å². The average Bonchev–Trinajstić information content (AvgIpc) is 3.75. The van der Waals surface area contributed by atoms with E-state index in [1.54, 1.807) is 41.0 Å². The van der Waals surface area contributed by atoms with Gasteiger partial charge in [0.15, 0.2) is 0 Å². The van der Waals surface area contributed by atoms with Gasteiger partial charge in [-0.3, -0.25) is 4.99 Å². The third-order valence-corrected chi connectivity index (χ3v) is 10.3. The molecule has 0 aromatic carbocycles. The van der Waals surface area contributed by atoms with Crippen molar-refractivity contribution in [2.24, 2.45) is 4.99 Å². The highest BCUT2D eigenvalue weighted by molar-refractivity contribution is 7.19. The van der Waals surface area contributed by atoms with Crippen molar-refractivity contribution in [1.82, 2.24) is 35.1 Å². The first-order chi connectivity index (χ1) is 22.2. The van der Waals surface area contributed by atoms with Crippen LogP contribution in [0.15, 0.2) is 23.7 Å². The quantitative estimate of drug-likeness (QED) is 0.217. The van der Waals surface area contributed by atoms with E-state index >= 15 is 0 Å². The maximum Gasteiger partial charge on any atom is 0.410 e. The predicted molar refractivity (Wildman–Crippen MR) is 181 cm³/mol. The number of methoxy groups -OCH3 is 1. The van der Waals surface area contributed by atoms with E-state index in [1.807, 2.05) is 33.1 Å². The van der Waals surface area contributed by atoms with E-state index in [2.05, 4.69) is 40.5 Å². The van der Waals surface area contributed by atoms with Crippen molar-refractivity contribution in [3.05, 3.63) is 56.0 Å². The van der Waals surface area contributed by atoms with Crippen molar-refractivity contribution in [1.29, 1.82) is 0 Å². The molecule has 5 aromatic rings. The Morgan fingerprint density at radius 2 is 1.80 bits per heavy atom. The lowest BCUT2D eigenvalue weighted by atomic mass is 10.1. The average molecular weight is 678 g/mol. The molecule has 0 aliphatic carbocycles. The van der Waals surface area contributed by atoms with Crippen LogP contribution >= 0.6 is 34.3 Å². The standard InChI is InChI=1S/C17H16N6OS.C14H16ClN3O2S/c1-24-16-11(4-9-5-19-6-12(9)23-16)22-15-14-10-2-3-18-7-13(10)25-17(14)21-8-20-15;1-14(2,3)20-13(19)18-5-4-8-9(6-18)21-12-10(8)11(15)16-7-17-12/h4-5,8,18H,2-3,6-7H2,1H3,(H,20,21,22);7H,4-6H2,1-3H3. The van der Waals surface area contributed by atoms with Crippen LogP contribution in [0.2, 0.25) is 5.15 Å². The summed E-state index contributed by atoms with van der Waals surface area (Å²) in [6.07, 6.45) is 6.39. The summed E-state index contributed by atoms with van der Waals surface area (Å²) < 4.78 is 10.9. The third kappa shape index (κ3) is 5.97. The van der Waals surface area contributed by atoms with Gasteiger partial charge in [0.2, 0.25) is 5.88 Å². The first-order valence-corrected chi connectivity index (χ1v) is 16.9. The minimum absolute atomic E-state index is 0.275. The number of fused-ring (bicyclic) bond motifs is 7. The number of carbonyl (C=O) groups is 1. The molecule has 0 spiro atoms. The first kappa shape index (κ1) is 30.7. The van der Waals surface area contributed by atoms with Crippen LogP contribution in [0.1, 0.15) is 52.9 Å². The van der Waals surface area contributed by atoms with Gasteiger partial charge in [0, 0.05) is 34.6 Å². The minimum Gasteiger partial charge on any atom is -0.480 e. The number of amides is 1. The van der Waals surface area contributed by atoms with E-state index in [9.17, 15) is 4.79 Å². The van der Waals surface area contributed by atoms with Gasteiger partial charge >= 0.3 is 6.09 Å². The SMILES string of the molecule is CC(C)(C)OC(=O)N1CCc2c(sc3ncnc(Cl)c23)C1.COc1nc2c(cc1Nc1ncnc3sc4c(c13)CCNC4)C=NC2. The summed E-state index contributed by atoms with van der Waals surface area (Å²) in [7, 11) is 1.63. The smallest absolute Gasteiger partial charge is 0.410 e.